The van der Waals surface area contributed by atoms with E-state index in [9.17, 15) is 5.11 Å². The Morgan fingerprint density at radius 3 is 2.58 bits per heavy atom. The monoisotopic (exact) mass is 258 g/mol. The molecule has 2 atom stereocenters. The lowest BCUT2D eigenvalue weighted by molar-refractivity contribution is 0.0253. The maximum Gasteiger partial charge on any atom is 0.0864 e. The van der Waals surface area contributed by atoms with Crippen LogP contribution in [0, 0.1) is 5.92 Å². The summed E-state index contributed by atoms with van der Waals surface area (Å²) in [5.74, 6) is 0.629. The molecular weight excluding hydrogens is 232 g/mol. The average molecular weight is 258 g/mol. The van der Waals surface area contributed by atoms with Crippen LogP contribution in [0.3, 0.4) is 0 Å². The van der Waals surface area contributed by atoms with Crippen molar-refractivity contribution < 1.29 is 5.11 Å². The fourth-order valence-corrected chi connectivity index (χ4v) is 3.39. The first kappa shape index (κ1) is 14.3. The minimum atomic E-state index is -0.577. The third-order valence-electron chi connectivity index (χ3n) is 4.41. The largest absolute Gasteiger partial charge is 0.385 e. The number of aryl methyl sites for hydroxylation is 1. The van der Waals surface area contributed by atoms with Gasteiger partial charge in [-0.05, 0) is 63.0 Å². The molecule has 0 radical (unpaired) electrons. The van der Waals surface area contributed by atoms with E-state index in [1.54, 1.807) is 0 Å². The zero-order chi connectivity index (χ0) is 13.9. The van der Waals surface area contributed by atoms with Gasteiger partial charge < -0.3 is 5.11 Å². The minimum absolute atomic E-state index is 0.577. The predicted octanol–water partition coefficient (Wildman–Crippen LogP) is 4.51. The van der Waals surface area contributed by atoms with Crippen LogP contribution >= 0.6 is 0 Å². The van der Waals surface area contributed by atoms with Gasteiger partial charge in [0.25, 0.3) is 0 Å². The number of benzene rings is 1. The number of allylic oxidation sites excluding steroid dienone is 1. The fraction of sp³-hybridized carbons (Fsp3) is 0.556. The average Bonchev–Trinajstić information content (AvgIpc) is 2.37. The molecule has 1 N–H and O–H groups in total. The molecule has 1 aliphatic carbocycles. The molecule has 1 aliphatic rings. The summed E-state index contributed by atoms with van der Waals surface area (Å²) in [6.07, 6.45) is 5.01. The molecule has 1 aromatic carbocycles. The fourth-order valence-electron chi connectivity index (χ4n) is 3.39. The van der Waals surface area contributed by atoms with E-state index in [4.69, 9.17) is 0 Å². The van der Waals surface area contributed by atoms with E-state index in [2.05, 4.69) is 45.0 Å². The summed E-state index contributed by atoms with van der Waals surface area (Å²) >= 11 is 0. The second-order valence-corrected chi connectivity index (χ2v) is 6.34. The van der Waals surface area contributed by atoms with Crippen LogP contribution in [0.2, 0.25) is 0 Å². The summed E-state index contributed by atoms with van der Waals surface area (Å²) in [4.78, 5) is 0. The Morgan fingerprint density at radius 1 is 1.26 bits per heavy atom. The number of hydrogen-bond donors (Lipinski definition) is 1. The zero-order valence-corrected chi connectivity index (χ0v) is 12.4. The summed E-state index contributed by atoms with van der Waals surface area (Å²) in [7, 11) is 0. The van der Waals surface area contributed by atoms with Gasteiger partial charge in [0.15, 0.2) is 0 Å². The van der Waals surface area contributed by atoms with Crippen molar-refractivity contribution in [3.63, 3.8) is 0 Å². The van der Waals surface area contributed by atoms with Crippen molar-refractivity contribution in [1.29, 1.82) is 0 Å². The molecule has 19 heavy (non-hydrogen) atoms. The molecule has 1 heteroatoms. The highest BCUT2D eigenvalue weighted by Gasteiger charge is 2.36. The second kappa shape index (κ2) is 5.92. The molecule has 0 unspecified atom stereocenters. The molecule has 0 heterocycles. The summed E-state index contributed by atoms with van der Waals surface area (Å²) in [5, 5.41) is 11.1. The molecule has 1 nitrogen and oxygen atoms in total. The molecule has 0 aromatic heterocycles. The summed E-state index contributed by atoms with van der Waals surface area (Å²) in [6, 6.07) is 10.5. The molecule has 0 spiro atoms. The van der Waals surface area contributed by atoms with Crippen LogP contribution in [0.5, 0.6) is 0 Å². The van der Waals surface area contributed by atoms with Crippen LogP contribution in [0.1, 0.15) is 52.0 Å². The van der Waals surface area contributed by atoms with E-state index < -0.39 is 5.60 Å². The normalized spacial score (nSPS) is 27.4. The van der Waals surface area contributed by atoms with Crippen LogP contribution in [-0.2, 0) is 6.42 Å². The van der Waals surface area contributed by atoms with Gasteiger partial charge in [0, 0.05) is 0 Å². The van der Waals surface area contributed by atoms with E-state index in [-0.39, 0.29) is 0 Å². The van der Waals surface area contributed by atoms with Gasteiger partial charge in [0.1, 0.15) is 0 Å². The van der Waals surface area contributed by atoms with Gasteiger partial charge in [-0.2, -0.15) is 0 Å². The van der Waals surface area contributed by atoms with Crippen molar-refractivity contribution >= 4 is 0 Å². The molecule has 0 amide bonds. The van der Waals surface area contributed by atoms with E-state index >= 15 is 0 Å². The van der Waals surface area contributed by atoms with Crippen LogP contribution in [0.4, 0.5) is 0 Å². The molecule has 104 valence electrons. The topological polar surface area (TPSA) is 20.2 Å². The van der Waals surface area contributed by atoms with Crippen LogP contribution < -0.4 is 0 Å². The molecule has 1 saturated carbocycles. The molecule has 0 bridgehead atoms. The van der Waals surface area contributed by atoms with E-state index in [1.165, 1.54) is 23.1 Å². The van der Waals surface area contributed by atoms with Gasteiger partial charge in [-0.1, -0.05) is 42.8 Å². The predicted molar refractivity (Wildman–Crippen MR) is 81.1 cm³/mol. The third-order valence-corrected chi connectivity index (χ3v) is 4.41. The standard InChI is InChI=1S/C18H26O/c1-14(2)17-10-9-15(3)13-18(17,19)12-11-16-7-5-4-6-8-16/h4-8,15,19H,9-13H2,1-3H3/t15-,18-/m1/s1. The first-order chi connectivity index (χ1) is 9.01. The van der Waals surface area contributed by atoms with Gasteiger partial charge >= 0.3 is 0 Å². The molecule has 0 aliphatic heterocycles. The lowest BCUT2D eigenvalue weighted by Gasteiger charge is -2.39. The lowest BCUT2D eigenvalue weighted by Crippen LogP contribution is -2.38. The quantitative estimate of drug-likeness (QED) is 0.791. The van der Waals surface area contributed by atoms with Crippen molar-refractivity contribution in [2.45, 2.75) is 58.5 Å². The van der Waals surface area contributed by atoms with Crippen molar-refractivity contribution in [1.82, 2.24) is 0 Å². The highest BCUT2D eigenvalue weighted by atomic mass is 16.3. The first-order valence-corrected chi connectivity index (χ1v) is 7.44. The molecular formula is C18H26O. The smallest absolute Gasteiger partial charge is 0.0864 e. The van der Waals surface area contributed by atoms with Crippen molar-refractivity contribution in [3.8, 4) is 0 Å². The van der Waals surface area contributed by atoms with Crippen molar-refractivity contribution in [2.24, 2.45) is 5.92 Å². The SMILES string of the molecule is CC(C)=C1CC[C@@H](C)C[C@]1(O)CCc1ccccc1. The number of hydrogen-bond acceptors (Lipinski definition) is 1. The van der Waals surface area contributed by atoms with Gasteiger partial charge in [0.2, 0.25) is 0 Å². The Balaban J connectivity index is 2.12. The van der Waals surface area contributed by atoms with E-state index in [0.717, 1.165) is 25.7 Å². The van der Waals surface area contributed by atoms with Crippen LogP contribution in [-0.4, -0.2) is 10.7 Å². The zero-order valence-electron chi connectivity index (χ0n) is 12.4. The first-order valence-electron chi connectivity index (χ1n) is 7.44. The highest BCUT2D eigenvalue weighted by Crippen LogP contribution is 2.41. The van der Waals surface area contributed by atoms with Crippen LogP contribution in [0.25, 0.3) is 0 Å². The lowest BCUT2D eigenvalue weighted by atomic mass is 9.71. The summed E-state index contributed by atoms with van der Waals surface area (Å²) in [5.41, 5.74) is 3.35. The van der Waals surface area contributed by atoms with E-state index in [0.29, 0.717) is 5.92 Å². The Bertz CT molecular complexity index is 442. The van der Waals surface area contributed by atoms with Gasteiger partial charge in [-0.3, -0.25) is 0 Å². The maximum atomic E-state index is 11.1. The second-order valence-electron chi connectivity index (χ2n) is 6.34. The highest BCUT2D eigenvalue weighted by molar-refractivity contribution is 5.25. The molecule has 1 aromatic rings. The van der Waals surface area contributed by atoms with Crippen molar-refractivity contribution in [3.05, 3.63) is 47.0 Å². The minimum Gasteiger partial charge on any atom is -0.385 e. The van der Waals surface area contributed by atoms with Crippen molar-refractivity contribution in [2.75, 3.05) is 0 Å². The summed E-state index contributed by atoms with van der Waals surface area (Å²) < 4.78 is 0. The summed E-state index contributed by atoms with van der Waals surface area (Å²) in [6.45, 7) is 6.53. The number of rotatable bonds is 3. The van der Waals surface area contributed by atoms with Gasteiger partial charge in [0.05, 0.1) is 5.60 Å². The maximum absolute atomic E-state index is 11.1. The Kier molecular flexibility index (Phi) is 4.46. The van der Waals surface area contributed by atoms with Crippen LogP contribution in [0.15, 0.2) is 41.5 Å². The Morgan fingerprint density at radius 2 is 1.95 bits per heavy atom. The van der Waals surface area contributed by atoms with E-state index in [1.807, 2.05) is 6.07 Å². The van der Waals surface area contributed by atoms with Gasteiger partial charge in [-0.25, -0.2) is 0 Å². The Hall–Kier alpha value is -1.08. The molecule has 0 saturated heterocycles. The number of aliphatic hydroxyl groups is 1. The third kappa shape index (κ3) is 3.48. The molecule has 1 fully saturated rings. The molecule has 2 rings (SSSR count). The Labute approximate surface area is 117 Å². The van der Waals surface area contributed by atoms with Gasteiger partial charge in [-0.15, -0.1) is 0 Å².